The lowest BCUT2D eigenvalue weighted by atomic mass is 9.92. The number of aliphatic hydroxyl groups is 1. The Morgan fingerprint density at radius 2 is 2.06 bits per heavy atom. The Hall–Kier alpha value is -1.23. The second kappa shape index (κ2) is 4.74. The van der Waals surface area contributed by atoms with Crippen molar-refractivity contribution < 1.29 is 13.9 Å². The molecule has 1 aromatic heterocycles. The van der Waals surface area contributed by atoms with Crippen molar-refractivity contribution in [2.75, 3.05) is 5.32 Å². The number of pyridine rings is 1. The van der Waals surface area contributed by atoms with Crippen LogP contribution in [0.5, 0.6) is 0 Å². The van der Waals surface area contributed by atoms with E-state index in [4.69, 9.17) is 0 Å². The molecule has 0 aliphatic heterocycles. The number of nitrogens with one attached hydrogen (secondary N) is 1. The summed E-state index contributed by atoms with van der Waals surface area (Å²) in [5.74, 6) is -1.42. The van der Waals surface area contributed by atoms with E-state index >= 15 is 0 Å². The molecule has 1 aliphatic carbocycles. The predicted octanol–water partition coefficient (Wildman–Crippen LogP) is 2.08. The van der Waals surface area contributed by atoms with Crippen LogP contribution in [0, 0.1) is 11.6 Å². The maximum absolute atomic E-state index is 13.3. The monoisotopic (exact) mass is 228 g/mol. The van der Waals surface area contributed by atoms with E-state index in [9.17, 15) is 13.9 Å². The van der Waals surface area contributed by atoms with Gasteiger partial charge in [0.25, 0.3) is 0 Å². The van der Waals surface area contributed by atoms with Crippen LogP contribution in [0.15, 0.2) is 12.3 Å². The molecule has 2 unspecified atom stereocenters. The van der Waals surface area contributed by atoms with Gasteiger partial charge in [-0.2, -0.15) is 0 Å². The van der Waals surface area contributed by atoms with Crippen LogP contribution in [0.1, 0.15) is 25.7 Å². The van der Waals surface area contributed by atoms with Crippen LogP contribution in [0.3, 0.4) is 0 Å². The van der Waals surface area contributed by atoms with Gasteiger partial charge in [0.2, 0.25) is 0 Å². The standard InChI is InChI=1S/C11H14F2N2O/c12-7-5-8(13)11(14-6-7)15-9-3-1-2-4-10(9)16/h5-6,9-10,16H,1-4H2,(H,14,15). The molecule has 3 nitrogen and oxygen atoms in total. The lowest BCUT2D eigenvalue weighted by Gasteiger charge is -2.28. The number of aromatic nitrogens is 1. The van der Waals surface area contributed by atoms with Gasteiger partial charge in [-0.05, 0) is 12.8 Å². The smallest absolute Gasteiger partial charge is 0.168 e. The Morgan fingerprint density at radius 3 is 2.75 bits per heavy atom. The predicted molar refractivity (Wildman–Crippen MR) is 56.0 cm³/mol. The molecule has 1 heterocycles. The first-order chi connectivity index (χ1) is 7.66. The second-order valence-electron chi connectivity index (χ2n) is 4.09. The van der Waals surface area contributed by atoms with E-state index in [0.29, 0.717) is 6.42 Å². The Labute approximate surface area is 92.5 Å². The van der Waals surface area contributed by atoms with Crippen molar-refractivity contribution in [2.45, 2.75) is 37.8 Å². The zero-order chi connectivity index (χ0) is 11.5. The van der Waals surface area contributed by atoms with Gasteiger partial charge >= 0.3 is 0 Å². The Morgan fingerprint density at radius 1 is 1.31 bits per heavy atom. The summed E-state index contributed by atoms with van der Waals surface area (Å²) >= 11 is 0. The fourth-order valence-corrected chi connectivity index (χ4v) is 1.98. The number of hydrogen-bond donors (Lipinski definition) is 2. The molecule has 2 rings (SSSR count). The molecule has 0 bridgehead atoms. The third-order valence-electron chi connectivity index (χ3n) is 2.86. The van der Waals surface area contributed by atoms with Gasteiger partial charge in [-0.3, -0.25) is 0 Å². The van der Waals surface area contributed by atoms with Gasteiger partial charge in [-0.15, -0.1) is 0 Å². The molecule has 1 aliphatic rings. The van der Waals surface area contributed by atoms with Gasteiger partial charge < -0.3 is 10.4 Å². The summed E-state index contributed by atoms with van der Waals surface area (Å²) in [6, 6.07) is 0.589. The summed E-state index contributed by atoms with van der Waals surface area (Å²) in [6.07, 6.45) is 3.94. The molecule has 0 radical (unpaired) electrons. The van der Waals surface area contributed by atoms with Crippen LogP contribution in [0.4, 0.5) is 14.6 Å². The molecular formula is C11H14F2N2O. The van der Waals surface area contributed by atoms with Gasteiger partial charge in [0.15, 0.2) is 11.6 Å². The lowest BCUT2D eigenvalue weighted by molar-refractivity contribution is 0.116. The molecule has 88 valence electrons. The second-order valence-corrected chi connectivity index (χ2v) is 4.09. The molecule has 5 heteroatoms. The maximum atomic E-state index is 13.3. The number of nitrogens with zero attached hydrogens (tertiary/aromatic N) is 1. The lowest BCUT2D eigenvalue weighted by Crippen LogP contribution is -2.36. The molecule has 2 N–H and O–H groups in total. The maximum Gasteiger partial charge on any atom is 0.168 e. The summed E-state index contributed by atoms with van der Waals surface area (Å²) in [5.41, 5.74) is 0. The van der Waals surface area contributed by atoms with Crippen LogP contribution in [0.25, 0.3) is 0 Å². The Kier molecular flexibility index (Phi) is 3.33. The van der Waals surface area contributed by atoms with Gasteiger partial charge in [-0.25, -0.2) is 13.8 Å². The fourth-order valence-electron chi connectivity index (χ4n) is 1.98. The van der Waals surface area contributed by atoms with E-state index < -0.39 is 17.7 Å². The van der Waals surface area contributed by atoms with Crippen LogP contribution >= 0.6 is 0 Å². The summed E-state index contributed by atoms with van der Waals surface area (Å²) in [6.45, 7) is 0. The van der Waals surface area contributed by atoms with Crippen molar-refractivity contribution in [3.63, 3.8) is 0 Å². The number of hydrogen-bond acceptors (Lipinski definition) is 3. The van der Waals surface area contributed by atoms with E-state index in [-0.39, 0.29) is 11.9 Å². The van der Waals surface area contributed by atoms with Gasteiger partial charge in [-0.1, -0.05) is 12.8 Å². The minimum Gasteiger partial charge on any atom is -0.391 e. The van der Waals surface area contributed by atoms with Gasteiger partial charge in [0.05, 0.1) is 18.3 Å². The molecule has 1 saturated carbocycles. The Bertz CT molecular complexity index is 373. The highest BCUT2D eigenvalue weighted by molar-refractivity contribution is 5.37. The number of anilines is 1. The first-order valence-corrected chi connectivity index (χ1v) is 5.42. The number of halogens is 2. The van der Waals surface area contributed by atoms with E-state index in [2.05, 4.69) is 10.3 Å². The minimum absolute atomic E-state index is 0.00681. The molecule has 0 spiro atoms. The highest BCUT2D eigenvalue weighted by Gasteiger charge is 2.23. The largest absolute Gasteiger partial charge is 0.391 e. The van der Waals surface area contributed by atoms with E-state index in [0.717, 1.165) is 31.5 Å². The van der Waals surface area contributed by atoms with Crippen molar-refractivity contribution >= 4 is 5.82 Å². The molecule has 0 amide bonds. The molecular weight excluding hydrogens is 214 g/mol. The zero-order valence-corrected chi connectivity index (χ0v) is 8.79. The SMILES string of the molecule is OC1CCCCC1Nc1ncc(F)cc1F. The van der Waals surface area contributed by atoms with Crippen molar-refractivity contribution in [1.82, 2.24) is 4.98 Å². The van der Waals surface area contributed by atoms with E-state index in [1.165, 1.54) is 0 Å². The summed E-state index contributed by atoms with van der Waals surface area (Å²) < 4.78 is 25.9. The van der Waals surface area contributed by atoms with Gasteiger partial charge in [0.1, 0.15) is 5.82 Å². The highest BCUT2D eigenvalue weighted by atomic mass is 19.1. The van der Waals surface area contributed by atoms with Crippen molar-refractivity contribution in [1.29, 1.82) is 0 Å². The number of aliphatic hydroxyl groups excluding tert-OH is 1. The summed E-state index contributed by atoms with van der Waals surface area (Å²) in [5, 5.41) is 12.5. The van der Waals surface area contributed by atoms with Crippen LogP contribution < -0.4 is 5.32 Å². The molecule has 1 fully saturated rings. The average Bonchev–Trinajstić information content (AvgIpc) is 2.25. The topological polar surface area (TPSA) is 45.1 Å². The molecule has 1 aromatic rings. The first kappa shape index (κ1) is 11.3. The molecule has 16 heavy (non-hydrogen) atoms. The first-order valence-electron chi connectivity index (χ1n) is 5.42. The van der Waals surface area contributed by atoms with E-state index in [1.807, 2.05) is 0 Å². The highest BCUT2D eigenvalue weighted by Crippen LogP contribution is 2.22. The van der Waals surface area contributed by atoms with Crippen molar-refractivity contribution in [3.05, 3.63) is 23.9 Å². The van der Waals surface area contributed by atoms with Crippen molar-refractivity contribution in [2.24, 2.45) is 0 Å². The molecule has 0 saturated heterocycles. The van der Waals surface area contributed by atoms with Crippen LogP contribution in [-0.4, -0.2) is 22.2 Å². The zero-order valence-electron chi connectivity index (χ0n) is 8.79. The molecule has 2 atom stereocenters. The quantitative estimate of drug-likeness (QED) is 0.814. The Balaban J connectivity index is 2.07. The van der Waals surface area contributed by atoms with Gasteiger partial charge in [0, 0.05) is 6.07 Å². The fraction of sp³-hybridized carbons (Fsp3) is 0.545. The molecule has 0 aromatic carbocycles. The minimum atomic E-state index is -0.724. The average molecular weight is 228 g/mol. The van der Waals surface area contributed by atoms with Crippen molar-refractivity contribution in [3.8, 4) is 0 Å². The van der Waals surface area contributed by atoms with E-state index in [1.54, 1.807) is 0 Å². The normalized spacial score (nSPS) is 25.4. The summed E-state index contributed by atoms with van der Waals surface area (Å²) in [4.78, 5) is 3.63. The third-order valence-corrected chi connectivity index (χ3v) is 2.86. The van der Waals surface area contributed by atoms with Crippen LogP contribution in [-0.2, 0) is 0 Å². The van der Waals surface area contributed by atoms with Crippen LogP contribution in [0.2, 0.25) is 0 Å². The third kappa shape index (κ3) is 2.47. The summed E-state index contributed by atoms with van der Waals surface area (Å²) in [7, 11) is 0. The number of rotatable bonds is 2.